The summed E-state index contributed by atoms with van der Waals surface area (Å²) in [5, 5.41) is 18.2. The first-order chi connectivity index (χ1) is 8.00. The summed E-state index contributed by atoms with van der Waals surface area (Å²) in [6.07, 6.45) is 0.268. The Morgan fingerprint density at radius 3 is 2.65 bits per heavy atom. The van der Waals surface area contributed by atoms with Gasteiger partial charge in [0.25, 0.3) is 10.2 Å². The van der Waals surface area contributed by atoms with Crippen molar-refractivity contribution in [2.45, 2.75) is 6.10 Å². The number of pyridine rings is 1. The average molecular weight is 261 g/mol. The molecule has 0 amide bonds. The molecule has 1 aromatic rings. The minimum atomic E-state index is -1.25. The van der Waals surface area contributed by atoms with Crippen molar-refractivity contribution >= 4 is 12.2 Å². The van der Waals surface area contributed by atoms with Gasteiger partial charge in [0.05, 0.1) is 0 Å². The summed E-state index contributed by atoms with van der Waals surface area (Å²) in [4.78, 5) is 31.2. The van der Waals surface area contributed by atoms with Crippen molar-refractivity contribution in [3.05, 3.63) is 48.8 Å². The van der Waals surface area contributed by atoms with Crippen LogP contribution in [0.15, 0.2) is 18.3 Å². The van der Waals surface area contributed by atoms with Gasteiger partial charge in [-0.25, -0.2) is 0 Å². The van der Waals surface area contributed by atoms with Crippen LogP contribution in [0.25, 0.3) is 0 Å². The Morgan fingerprint density at radius 2 is 2.12 bits per heavy atom. The summed E-state index contributed by atoms with van der Waals surface area (Å²) in [6.45, 7) is -0.616. The van der Waals surface area contributed by atoms with Gasteiger partial charge in [0.1, 0.15) is 11.2 Å². The number of H-pyrrole nitrogens is 1. The lowest BCUT2D eigenvalue weighted by Gasteiger charge is -2.13. The Bertz CT molecular complexity index is 475. The maximum Gasteiger partial charge on any atom is 0.295 e. The molecule has 17 heavy (non-hydrogen) atoms. The van der Waals surface area contributed by atoms with Crippen LogP contribution in [-0.4, -0.2) is 21.8 Å². The van der Waals surface area contributed by atoms with Crippen LogP contribution in [0.2, 0.25) is 0 Å². The molecule has 0 saturated heterocycles. The number of hydrogen-bond donors (Lipinski definition) is 1. The maximum absolute atomic E-state index is 10.3. The third-order valence-corrected chi connectivity index (χ3v) is 2.09. The molecule has 10 heteroatoms. The third kappa shape index (κ3) is 4.03. The molecular formula is C7H7N3O6S. The molecule has 0 radical (unpaired) electrons. The molecular weight excluding hydrogens is 254 g/mol. The van der Waals surface area contributed by atoms with Crippen molar-refractivity contribution in [3.8, 4) is 0 Å². The number of aromatic nitrogens is 1. The Morgan fingerprint density at radius 1 is 1.41 bits per heavy atom. The van der Waals surface area contributed by atoms with Crippen molar-refractivity contribution in [3.63, 3.8) is 0 Å². The molecule has 0 aliphatic heterocycles. The van der Waals surface area contributed by atoms with Gasteiger partial charge in [0.2, 0.25) is 0 Å². The fourth-order valence-electron chi connectivity index (χ4n) is 1.10. The molecule has 1 rings (SSSR count). The normalized spacial score (nSPS) is 11.5. The predicted octanol–water partition coefficient (Wildman–Crippen LogP) is 1.20. The van der Waals surface area contributed by atoms with E-state index in [4.69, 9.17) is 12.2 Å². The molecule has 0 aliphatic carbocycles. The zero-order chi connectivity index (χ0) is 12.8. The minimum absolute atomic E-state index is 0.186. The number of aromatic amines is 1. The van der Waals surface area contributed by atoms with Gasteiger partial charge in [-0.05, 0) is 6.07 Å². The first-order valence-electron chi connectivity index (χ1n) is 4.26. The van der Waals surface area contributed by atoms with Gasteiger partial charge in [0, 0.05) is 11.8 Å². The molecule has 1 heterocycles. The lowest BCUT2D eigenvalue weighted by Crippen LogP contribution is -2.18. The second-order valence-electron chi connectivity index (χ2n) is 2.79. The van der Waals surface area contributed by atoms with Gasteiger partial charge in [0.15, 0.2) is 6.10 Å². The molecule has 1 atom stereocenters. The van der Waals surface area contributed by atoms with Crippen LogP contribution in [0, 0.1) is 24.9 Å². The highest BCUT2D eigenvalue weighted by Crippen LogP contribution is 2.18. The molecule has 0 aromatic carbocycles. The molecule has 92 valence electrons. The monoisotopic (exact) mass is 261 g/mol. The zero-order valence-corrected chi connectivity index (χ0v) is 9.09. The van der Waals surface area contributed by atoms with Crippen molar-refractivity contribution in [2.75, 3.05) is 6.61 Å². The summed E-state index contributed by atoms with van der Waals surface area (Å²) < 4.78 is 0.186. The molecule has 9 nitrogen and oxygen atoms in total. The van der Waals surface area contributed by atoms with Gasteiger partial charge in [-0.15, -0.1) is 20.2 Å². The lowest BCUT2D eigenvalue weighted by molar-refractivity contribution is -0.792. The van der Waals surface area contributed by atoms with Crippen LogP contribution in [0.4, 0.5) is 0 Å². The van der Waals surface area contributed by atoms with Crippen molar-refractivity contribution in [2.24, 2.45) is 0 Å². The van der Waals surface area contributed by atoms with Crippen LogP contribution < -0.4 is 0 Å². The predicted molar refractivity (Wildman–Crippen MR) is 55.4 cm³/mol. The van der Waals surface area contributed by atoms with E-state index in [1.54, 1.807) is 0 Å². The Hall–Kier alpha value is -2.23. The molecule has 1 N–H and O–H groups in total. The summed E-state index contributed by atoms with van der Waals surface area (Å²) >= 11 is 4.88. The highest BCUT2D eigenvalue weighted by molar-refractivity contribution is 7.71. The summed E-state index contributed by atoms with van der Waals surface area (Å²) in [7, 11) is 0. The second-order valence-corrected chi connectivity index (χ2v) is 3.20. The molecule has 1 unspecified atom stereocenters. The maximum atomic E-state index is 10.3. The second kappa shape index (κ2) is 5.75. The van der Waals surface area contributed by atoms with Crippen LogP contribution in [0.5, 0.6) is 0 Å². The first kappa shape index (κ1) is 12.8. The van der Waals surface area contributed by atoms with Crippen molar-refractivity contribution < 1.29 is 19.8 Å². The number of hydrogen-bond acceptors (Lipinski definition) is 7. The van der Waals surface area contributed by atoms with E-state index in [0.29, 0.717) is 0 Å². The van der Waals surface area contributed by atoms with E-state index in [1.807, 2.05) is 0 Å². The van der Waals surface area contributed by atoms with E-state index < -0.39 is 22.9 Å². The molecule has 1 aromatic heterocycles. The number of nitrogens with one attached hydrogen (secondary N) is 1. The van der Waals surface area contributed by atoms with Crippen LogP contribution >= 0.6 is 12.2 Å². The van der Waals surface area contributed by atoms with Crippen molar-refractivity contribution in [1.82, 2.24) is 4.98 Å². The van der Waals surface area contributed by atoms with Crippen LogP contribution in [0.1, 0.15) is 11.7 Å². The van der Waals surface area contributed by atoms with Gasteiger partial charge in [-0.3, -0.25) is 0 Å². The quantitative estimate of drug-likeness (QED) is 0.464. The first-order valence-corrected chi connectivity index (χ1v) is 4.67. The molecule has 0 bridgehead atoms. The van der Waals surface area contributed by atoms with Crippen molar-refractivity contribution in [1.29, 1.82) is 0 Å². The SMILES string of the molecule is O=[N+]([O-])OCC(O[N+](=O)[O-])c1ccc[nH]c1=S. The Kier molecular flexibility index (Phi) is 4.34. The molecule has 0 fully saturated rings. The number of nitrogens with zero attached hydrogens (tertiary/aromatic N) is 2. The summed E-state index contributed by atoms with van der Waals surface area (Å²) in [5.41, 5.74) is 0.237. The van der Waals surface area contributed by atoms with E-state index in [1.165, 1.54) is 18.3 Å². The molecule has 0 spiro atoms. The van der Waals surface area contributed by atoms with Crippen LogP contribution in [-0.2, 0) is 9.68 Å². The average Bonchev–Trinajstić information content (AvgIpc) is 2.24. The van der Waals surface area contributed by atoms with Gasteiger partial charge >= 0.3 is 0 Å². The minimum Gasteiger partial charge on any atom is -0.353 e. The van der Waals surface area contributed by atoms with Gasteiger partial charge in [-0.1, -0.05) is 18.3 Å². The standard InChI is InChI=1S/C7H7N3O6S/c11-9(12)15-4-6(16-10(13)14)5-2-1-3-8-7(5)17/h1-3,6H,4H2,(H,8,17). The fourth-order valence-corrected chi connectivity index (χ4v) is 1.37. The highest BCUT2D eigenvalue weighted by atomic mass is 32.1. The smallest absolute Gasteiger partial charge is 0.295 e. The summed E-state index contributed by atoms with van der Waals surface area (Å²) in [5.74, 6) is 0. The van der Waals surface area contributed by atoms with E-state index in [9.17, 15) is 20.2 Å². The van der Waals surface area contributed by atoms with Gasteiger partial charge < -0.3 is 14.7 Å². The fraction of sp³-hybridized carbons (Fsp3) is 0.286. The molecule has 0 aliphatic rings. The van der Waals surface area contributed by atoms with E-state index >= 15 is 0 Å². The van der Waals surface area contributed by atoms with E-state index in [2.05, 4.69) is 14.7 Å². The van der Waals surface area contributed by atoms with E-state index in [-0.39, 0.29) is 10.2 Å². The Balaban J connectivity index is 2.89. The summed E-state index contributed by atoms with van der Waals surface area (Å²) in [6, 6.07) is 2.99. The van der Waals surface area contributed by atoms with Crippen LogP contribution in [0.3, 0.4) is 0 Å². The Labute approximate surface area is 99.2 Å². The van der Waals surface area contributed by atoms with Gasteiger partial charge in [-0.2, -0.15) is 0 Å². The topological polar surface area (TPSA) is 121 Å². The lowest BCUT2D eigenvalue weighted by atomic mass is 10.2. The zero-order valence-electron chi connectivity index (χ0n) is 8.27. The highest BCUT2D eigenvalue weighted by Gasteiger charge is 2.19. The third-order valence-electron chi connectivity index (χ3n) is 1.74. The largest absolute Gasteiger partial charge is 0.353 e. The van der Waals surface area contributed by atoms with E-state index in [0.717, 1.165) is 0 Å². The number of rotatable bonds is 6. The molecule has 0 saturated carbocycles.